The molecular formula is C11H20N4O3S. The summed E-state index contributed by atoms with van der Waals surface area (Å²) >= 11 is 0. The lowest BCUT2D eigenvalue weighted by molar-refractivity contribution is -0.0248. The molecule has 0 bridgehead atoms. The summed E-state index contributed by atoms with van der Waals surface area (Å²) in [5.41, 5.74) is 5.83. The zero-order valence-electron chi connectivity index (χ0n) is 11.3. The Bertz CT molecular complexity index is 533. The van der Waals surface area contributed by atoms with E-state index in [1.54, 1.807) is 18.5 Å². The minimum Gasteiger partial charge on any atom is -0.377 e. The van der Waals surface area contributed by atoms with E-state index in [-0.39, 0.29) is 23.2 Å². The molecule has 3 unspecified atom stereocenters. The van der Waals surface area contributed by atoms with E-state index < -0.39 is 10.0 Å². The SMILES string of the molecule is CCOC1CC(N)C1NS(=O)(=O)c1cn(C)c(C)n1. The summed E-state index contributed by atoms with van der Waals surface area (Å²) in [6, 6.07) is -0.594. The summed E-state index contributed by atoms with van der Waals surface area (Å²) < 4.78 is 34.1. The number of hydrogen-bond acceptors (Lipinski definition) is 5. The third kappa shape index (κ3) is 2.81. The molecule has 0 saturated heterocycles. The monoisotopic (exact) mass is 288 g/mol. The number of sulfonamides is 1. The van der Waals surface area contributed by atoms with Crippen molar-refractivity contribution in [1.29, 1.82) is 0 Å². The van der Waals surface area contributed by atoms with Gasteiger partial charge in [-0.25, -0.2) is 18.1 Å². The summed E-state index contributed by atoms with van der Waals surface area (Å²) in [5.74, 6) is 0.639. The molecule has 1 fully saturated rings. The molecule has 1 saturated carbocycles. The highest BCUT2D eigenvalue weighted by Crippen LogP contribution is 2.24. The van der Waals surface area contributed by atoms with Gasteiger partial charge in [0.1, 0.15) is 5.82 Å². The molecule has 8 heteroatoms. The van der Waals surface area contributed by atoms with Crippen LogP contribution in [0.1, 0.15) is 19.2 Å². The Kier molecular flexibility index (Phi) is 3.95. The van der Waals surface area contributed by atoms with E-state index in [1.165, 1.54) is 6.20 Å². The lowest BCUT2D eigenvalue weighted by Gasteiger charge is -2.41. The Balaban J connectivity index is 2.13. The number of imidazole rings is 1. The van der Waals surface area contributed by atoms with Crippen LogP contribution >= 0.6 is 0 Å². The molecule has 7 nitrogen and oxygen atoms in total. The van der Waals surface area contributed by atoms with Gasteiger partial charge < -0.3 is 15.0 Å². The molecular weight excluding hydrogens is 268 g/mol. The van der Waals surface area contributed by atoms with Crippen LogP contribution in [-0.4, -0.2) is 42.8 Å². The van der Waals surface area contributed by atoms with E-state index in [2.05, 4.69) is 9.71 Å². The third-order valence-corrected chi connectivity index (χ3v) is 4.73. The first-order valence-corrected chi connectivity index (χ1v) is 7.73. The topological polar surface area (TPSA) is 99.2 Å². The van der Waals surface area contributed by atoms with Crippen LogP contribution in [-0.2, 0) is 21.8 Å². The molecule has 0 aromatic carbocycles. The molecule has 1 heterocycles. The van der Waals surface area contributed by atoms with Gasteiger partial charge in [0.25, 0.3) is 10.0 Å². The molecule has 1 aromatic rings. The minimum absolute atomic E-state index is 0.0156. The van der Waals surface area contributed by atoms with Crippen molar-refractivity contribution in [2.75, 3.05) is 6.61 Å². The number of aromatic nitrogens is 2. The maximum absolute atomic E-state index is 12.2. The number of nitrogens with zero attached hydrogens (tertiary/aromatic N) is 2. The first-order valence-electron chi connectivity index (χ1n) is 6.24. The summed E-state index contributed by atoms with van der Waals surface area (Å²) in [6.07, 6.45) is 2.00. The van der Waals surface area contributed by atoms with Gasteiger partial charge in [-0.3, -0.25) is 0 Å². The van der Waals surface area contributed by atoms with Crippen molar-refractivity contribution >= 4 is 10.0 Å². The van der Waals surface area contributed by atoms with Crippen molar-refractivity contribution in [2.45, 2.75) is 43.5 Å². The first kappa shape index (κ1) is 14.4. The van der Waals surface area contributed by atoms with Crippen molar-refractivity contribution in [3.8, 4) is 0 Å². The molecule has 3 atom stereocenters. The number of ether oxygens (including phenoxy) is 1. The zero-order chi connectivity index (χ0) is 14.2. The highest BCUT2D eigenvalue weighted by Gasteiger charge is 2.42. The minimum atomic E-state index is -3.65. The fourth-order valence-corrected chi connectivity index (χ4v) is 3.44. The molecule has 1 aliphatic carbocycles. The fourth-order valence-electron chi connectivity index (χ4n) is 2.09. The van der Waals surface area contributed by atoms with Crippen molar-refractivity contribution in [3.63, 3.8) is 0 Å². The predicted octanol–water partition coefficient (Wildman–Crippen LogP) is -0.488. The van der Waals surface area contributed by atoms with Crippen LogP contribution < -0.4 is 10.5 Å². The Morgan fingerprint density at radius 2 is 2.32 bits per heavy atom. The summed E-state index contributed by atoms with van der Waals surface area (Å²) in [5, 5.41) is 0.0156. The molecule has 108 valence electrons. The third-order valence-electron chi connectivity index (χ3n) is 3.40. The summed E-state index contributed by atoms with van der Waals surface area (Å²) in [4.78, 5) is 4.02. The van der Waals surface area contributed by atoms with Crippen molar-refractivity contribution in [2.24, 2.45) is 12.8 Å². The van der Waals surface area contributed by atoms with E-state index in [1.807, 2.05) is 6.92 Å². The number of hydrogen-bond donors (Lipinski definition) is 2. The van der Waals surface area contributed by atoms with Gasteiger partial charge in [-0.2, -0.15) is 0 Å². The van der Waals surface area contributed by atoms with Gasteiger partial charge in [0, 0.05) is 25.9 Å². The second-order valence-corrected chi connectivity index (χ2v) is 6.44. The maximum Gasteiger partial charge on any atom is 0.259 e. The van der Waals surface area contributed by atoms with Crippen LogP contribution in [0.5, 0.6) is 0 Å². The van der Waals surface area contributed by atoms with Gasteiger partial charge in [-0.15, -0.1) is 0 Å². The van der Waals surface area contributed by atoms with Gasteiger partial charge in [-0.05, 0) is 20.3 Å². The van der Waals surface area contributed by atoms with E-state index in [0.717, 1.165) is 0 Å². The van der Waals surface area contributed by atoms with Crippen LogP contribution in [0, 0.1) is 6.92 Å². The normalized spacial score (nSPS) is 27.3. The number of nitrogens with one attached hydrogen (secondary N) is 1. The summed E-state index contributed by atoms with van der Waals surface area (Å²) in [6.45, 7) is 4.16. The second-order valence-electron chi connectivity index (χ2n) is 4.78. The van der Waals surface area contributed by atoms with Gasteiger partial charge in [0.15, 0.2) is 5.03 Å². The first-order chi connectivity index (χ1) is 8.85. The zero-order valence-corrected chi connectivity index (χ0v) is 12.1. The average Bonchev–Trinajstić information content (AvgIpc) is 2.68. The molecule has 0 spiro atoms. The smallest absolute Gasteiger partial charge is 0.259 e. The molecule has 3 N–H and O–H groups in total. The highest BCUT2D eigenvalue weighted by molar-refractivity contribution is 7.89. The molecule has 0 radical (unpaired) electrons. The average molecular weight is 288 g/mol. The standard InChI is InChI=1S/C11H20N4O3S/c1-4-18-9-5-8(12)11(9)14-19(16,17)10-6-15(3)7(2)13-10/h6,8-9,11,14H,4-5,12H2,1-3H3. The molecule has 1 aromatic heterocycles. The van der Waals surface area contributed by atoms with E-state index in [4.69, 9.17) is 10.5 Å². The van der Waals surface area contributed by atoms with Crippen LogP contribution in [0.3, 0.4) is 0 Å². The largest absolute Gasteiger partial charge is 0.377 e. The van der Waals surface area contributed by atoms with Crippen molar-refractivity contribution in [3.05, 3.63) is 12.0 Å². The Hall–Kier alpha value is -0.960. The lowest BCUT2D eigenvalue weighted by Crippen LogP contribution is -2.64. The molecule has 1 aliphatic rings. The molecule has 19 heavy (non-hydrogen) atoms. The lowest BCUT2D eigenvalue weighted by atomic mass is 9.84. The second kappa shape index (κ2) is 5.20. The van der Waals surface area contributed by atoms with Crippen molar-refractivity contribution < 1.29 is 13.2 Å². The Morgan fingerprint density at radius 1 is 1.63 bits per heavy atom. The number of nitrogens with two attached hydrogens (primary N) is 1. The molecule has 0 aliphatic heterocycles. The number of aryl methyl sites for hydroxylation is 2. The fraction of sp³-hybridized carbons (Fsp3) is 0.727. The van der Waals surface area contributed by atoms with Crippen molar-refractivity contribution in [1.82, 2.24) is 14.3 Å². The van der Waals surface area contributed by atoms with Gasteiger partial charge in [0.2, 0.25) is 0 Å². The van der Waals surface area contributed by atoms with Gasteiger partial charge >= 0.3 is 0 Å². The van der Waals surface area contributed by atoms with Crippen LogP contribution in [0.2, 0.25) is 0 Å². The highest BCUT2D eigenvalue weighted by atomic mass is 32.2. The van der Waals surface area contributed by atoms with Crippen LogP contribution in [0.4, 0.5) is 0 Å². The summed E-state index contributed by atoms with van der Waals surface area (Å²) in [7, 11) is -1.90. The Morgan fingerprint density at radius 3 is 2.79 bits per heavy atom. The quantitative estimate of drug-likeness (QED) is 0.762. The van der Waals surface area contributed by atoms with E-state index in [9.17, 15) is 8.42 Å². The maximum atomic E-state index is 12.2. The van der Waals surface area contributed by atoms with Gasteiger partial charge in [0.05, 0.1) is 12.1 Å². The van der Waals surface area contributed by atoms with Gasteiger partial charge in [-0.1, -0.05) is 0 Å². The number of rotatable bonds is 5. The van der Waals surface area contributed by atoms with Crippen LogP contribution in [0.15, 0.2) is 11.2 Å². The molecule has 2 rings (SSSR count). The van der Waals surface area contributed by atoms with E-state index in [0.29, 0.717) is 18.9 Å². The van der Waals surface area contributed by atoms with E-state index >= 15 is 0 Å². The van der Waals surface area contributed by atoms with Crippen LogP contribution in [0.25, 0.3) is 0 Å². The predicted molar refractivity (Wildman–Crippen MR) is 70.1 cm³/mol. The molecule has 0 amide bonds. The Labute approximate surface area is 113 Å².